The van der Waals surface area contributed by atoms with Crippen LogP contribution in [0.5, 0.6) is 0 Å². The highest BCUT2D eigenvalue weighted by molar-refractivity contribution is 5.92. The molecule has 112 valence electrons. The lowest BCUT2D eigenvalue weighted by molar-refractivity contribution is 0.0774. The van der Waals surface area contributed by atoms with Crippen LogP contribution in [-0.2, 0) is 0 Å². The number of carbonyl (C=O) groups excluding carboxylic acids is 1. The second kappa shape index (κ2) is 6.39. The Kier molecular flexibility index (Phi) is 4.81. The Bertz CT molecular complexity index is 466. The third-order valence-corrected chi connectivity index (χ3v) is 4.26. The molecule has 2 rings (SSSR count). The number of aliphatic hydroxyl groups is 1. The Labute approximate surface area is 120 Å². The van der Waals surface area contributed by atoms with Crippen LogP contribution in [0.1, 0.15) is 55.3 Å². The molecule has 0 bridgehead atoms. The highest BCUT2D eigenvalue weighted by Gasteiger charge is 2.28. The Balaban J connectivity index is 2.13. The highest BCUT2D eigenvalue weighted by atomic mass is 16.3. The van der Waals surface area contributed by atoms with Gasteiger partial charge in [0.15, 0.2) is 5.69 Å². The highest BCUT2D eigenvalue weighted by Crippen LogP contribution is 2.21. The molecule has 1 N–H and O–H groups in total. The fourth-order valence-electron chi connectivity index (χ4n) is 2.92. The molecular formula is C15H25N3O2. The quantitative estimate of drug-likeness (QED) is 0.897. The molecule has 1 fully saturated rings. The van der Waals surface area contributed by atoms with Gasteiger partial charge in [-0.2, -0.15) is 5.10 Å². The molecule has 1 aromatic rings. The number of aliphatic hydroxyl groups excluding tert-OH is 1. The van der Waals surface area contributed by atoms with Crippen LogP contribution < -0.4 is 0 Å². The average Bonchev–Trinajstić information content (AvgIpc) is 3.07. The third kappa shape index (κ3) is 2.87. The second-order valence-corrected chi connectivity index (χ2v) is 5.67. The number of amides is 1. The van der Waals surface area contributed by atoms with E-state index in [4.69, 9.17) is 5.11 Å². The van der Waals surface area contributed by atoms with E-state index < -0.39 is 0 Å². The summed E-state index contributed by atoms with van der Waals surface area (Å²) in [5.41, 5.74) is 1.58. The minimum Gasteiger partial charge on any atom is -0.396 e. The molecule has 20 heavy (non-hydrogen) atoms. The molecule has 1 aliphatic heterocycles. The largest absolute Gasteiger partial charge is 0.396 e. The summed E-state index contributed by atoms with van der Waals surface area (Å²) in [6.45, 7) is 7.81. The molecule has 0 radical (unpaired) electrons. The van der Waals surface area contributed by atoms with Gasteiger partial charge in [-0.05, 0) is 32.3 Å². The van der Waals surface area contributed by atoms with E-state index in [0.29, 0.717) is 18.3 Å². The van der Waals surface area contributed by atoms with E-state index in [0.717, 1.165) is 31.5 Å². The van der Waals surface area contributed by atoms with Gasteiger partial charge in [-0.25, -0.2) is 0 Å². The summed E-state index contributed by atoms with van der Waals surface area (Å²) >= 11 is 0. The normalized spacial score (nSPS) is 19.1. The molecule has 1 unspecified atom stereocenters. The van der Waals surface area contributed by atoms with E-state index in [9.17, 15) is 4.79 Å². The summed E-state index contributed by atoms with van der Waals surface area (Å²) in [6, 6.07) is 2.24. The van der Waals surface area contributed by atoms with Crippen LogP contribution in [0, 0.1) is 12.8 Å². The summed E-state index contributed by atoms with van der Waals surface area (Å²) < 4.78 is 1.98. The van der Waals surface area contributed by atoms with Gasteiger partial charge in [-0.15, -0.1) is 0 Å². The third-order valence-electron chi connectivity index (χ3n) is 4.26. The van der Waals surface area contributed by atoms with Crippen LogP contribution >= 0.6 is 0 Å². The molecule has 1 aliphatic rings. The summed E-state index contributed by atoms with van der Waals surface area (Å²) in [5.74, 6) is 0.218. The minimum absolute atomic E-state index is 0.00578. The maximum absolute atomic E-state index is 12.4. The van der Waals surface area contributed by atoms with Crippen molar-refractivity contribution in [1.29, 1.82) is 0 Å². The van der Waals surface area contributed by atoms with Crippen LogP contribution in [0.3, 0.4) is 0 Å². The van der Waals surface area contributed by atoms with E-state index in [-0.39, 0.29) is 18.4 Å². The molecule has 0 spiro atoms. The smallest absolute Gasteiger partial charge is 0.274 e. The molecule has 1 amide bonds. The molecule has 0 aliphatic carbocycles. The zero-order chi connectivity index (χ0) is 14.7. The van der Waals surface area contributed by atoms with E-state index >= 15 is 0 Å². The van der Waals surface area contributed by atoms with Crippen molar-refractivity contribution in [1.82, 2.24) is 14.7 Å². The van der Waals surface area contributed by atoms with Gasteiger partial charge in [0.2, 0.25) is 0 Å². The van der Waals surface area contributed by atoms with Crippen molar-refractivity contribution in [3.8, 4) is 0 Å². The van der Waals surface area contributed by atoms with Crippen molar-refractivity contribution < 1.29 is 9.90 Å². The van der Waals surface area contributed by atoms with Crippen molar-refractivity contribution in [3.63, 3.8) is 0 Å². The maximum Gasteiger partial charge on any atom is 0.274 e. The summed E-state index contributed by atoms with van der Waals surface area (Å²) in [6.07, 6.45) is 2.92. The molecule has 0 aromatic carbocycles. The molecule has 0 saturated carbocycles. The lowest BCUT2D eigenvalue weighted by Crippen LogP contribution is -2.29. The Morgan fingerprint density at radius 2 is 2.20 bits per heavy atom. The number of nitrogens with zero attached hydrogens (tertiary/aromatic N) is 3. The van der Waals surface area contributed by atoms with Crippen molar-refractivity contribution in [2.24, 2.45) is 5.92 Å². The van der Waals surface area contributed by atoms with E-state index in [1.807, 2.05) is 17.7 Å². The molecule has 1 saturated heterocycles. The summed E-state index contributed by atoms with van der Waals surface area (Å²) in [7, 11) is 0. The van der Waals surface area contributed by atoms with Crippen molar-refractivity contribution in [2.45, 2.75) is 46.1 Å². The zero-order valence-corrected chi connectivity index (χ0v) is 12.7. The zero-order valence-electron chi connectivity index (χ0n) is 12.7. The van der Waals surface area contributed by atoms with Gasteiger partial charge < -0.3 is 10.0 Å². The van der Waals surface area contributed by atoms with Crippen molar-refractivity contribution >= 4 is 5.91 Å². The van der Waals surface area contributed by atoms with Gasteiger partial charge in [0.05, 0.1) is 6.04 Å². The van der Waals surface area contributed by atoms with Gasteiger partial charge in [-0.3, -0.25) is 9.48 Å². The number of aromatic nitrogens is 2. The Morgan fingerprint density at radius 3 is 2.75 bits per heavy atom. The van der Waals surface area contributed by atoms with Crippen LogP contribution in [0.4, 0.5) is 0 Å². The van der Waals surface area contributed by atoms with E-state index in [1.54, 1.807) is 4.90 Å². The van der Waals surface area contributed by atoms with Crippen molar-refractivity contribution in [3.05, 3.63) is 17.5 Å². The van der Waals surface area contributed by atoms with Gasteiger partial charge in [0.25, 0.3) is 5.91 Å². The second-order valence-electron chi connectivity index (χ2n) is 5.67. The Hall–Kier alpha value is -1.36. The lowest BCUT2D eigenvalue weighted by Gasteiger charge is -2.16. The number of rotatable bonds is 5. The molecular weight excluding hydrogens is 254 g/mol. The van der Waals surface area contributed by atoms with Gasteiger partial charge in [0, 0.05) is 31.3 Å². The number of carbonyl (C=O) groups is 1. The van der Waals surface area contributed by atoms with Gasteiger partial charge in [-0.1, -0.05) is 13.8 Å². The number of aryl methyl sites for hydroxylation is 1. The lowest BCUT2D eigenvalue weighted by atomic mass is 10.1. The maximum atomic E-state index is 12.4. The first-order valence-electron chi connectivity index (χ1n) is 7.56. The van der Waals surface area contributed by atoms with Gasteiger partial charge >= 0.3 is 0 Å². The summed E-state index contributed by atoms with van der Waals surface area (Å²) in [5, 5.41) is 13.7. The first-order valence-corrected chi connectivity index (χ1v) is 7.56. The van der Waals surface area contributed by atoms with Crippen LogP contribution in [0.15, 0.2) is 6.07 Å². The van der Waals surface area contributed by atoms with Crippen molar-refractivity contribution in [2.75, 3.05) is 19.7 Å². The molecule has 2 heterocycles. The van der Waals surface area contributed by atoms with E-state index in [1.165, 1.54) is 0 Å². The fraction of sp³-hybridized carbons (Fsp3) is 0.733. The molecule has 1 atom stereocenters. The molecule has 5 nitrogen and oxygen atoms in total. The van der Waals surface area contributed by atoms with Gasteiger partial charge in [0.1, 0.15) is 0 Å². The minimum atomic E-state index is -0.00578. The average molecular weight is 279 g/mol. The monoisotopic (exact) mass is 279 g/mol. The fourth-order valence-corrected chi connectivity index (χ4v) is 2.92. The SMILES string of the molecule is CCC(CC)n1nc(C(=O)N2CCC(CO)C2)cc1C. The first kappa shape index (κ1) is 15.0. The van der Waals surface area contributed by atoms with Crippen LogP contribution in [-0.4, -0.2) is 45.4 Å². The summed E-state index contributed by atoms with van der Waals surface area (Å²) in [4.78, 5) is 14.2. The molecule has 5 heteroatoms. The van der Waals surface area contributed by atoms with E-state index in [2.05, 4.69) is 18.9 Å². The van der Waals surface area contributed by atoms with Crippen LogP contribution in [0.2, 0.25) is 0 Å². The van der Waals surface area contributed by atoms with Crippen LogP contribution in [0.25, 0.3) is 0 Å². The first-order chi connectivity index (χ1) is 9.60. The number of hydrogen-bond donors (Lipinski definition) is 1. The predicted molar refractivity (Wildman–Crippen MR) is 77.7 cm³/mol. The number of hydrogen-bond acceptors (Lipinski definition) is 3. The number of likely N-dealkylation sites (tertiary alicyclic amines) is 1. The standard InChI is InChI=1S/C15H25N3O2/c1-4-13(5-2)18-11(3)8-14(16-18)15(20)17-7-6-12(9-17)10-19/h8,12-13,19H,4-7,9-10H2,1-3H3. The Morgan fingerprint density at radius 1 is 1.50 bits per heavy atom. The molecule has 1 aromatic heterocycles. The topological polar surface area (TPSA) is 58.4 Å². The predicted octanol–water partition coefficient (Wildman–Crippen LogP) is 2.01.